The van der Waals surface area contributed by atoms with Crippen LogP contribution in [-0.4, -0.2) is 69.5 Å². The third-order valence-corrected chi connectivity index (χ3v) is 7.08. The van der Waals surface area contributed by atoms with Gasteiger partial charge in [-0.1, -0.05) is 31.0 Å². The normalized spacial score (nSPS) is 12.3. The number of pyridine rings is 1. The first-order valence-corrected chi connectivity index (χ1v) is 14.2. The van der Waals surface area contributed by atoms with E-state index in [1.807, 2.05) is 31.3 Å². The number of H-pyrrole nitrogens is 2. The van der Waals surface area contributed by atoms with Gasteiger partial charge in [-0.05, 0) is 61.8 Å². The Morgan fingerprint density at radius 1 is 0.952 bits per heavy atom. The molecule has 0 radical (unpaired) electrons. The number of likely N-dealkylation sites (N-methyl/N-ethyl adjacent to an activating group) is 1. The number of aliphatic hydroxyl groups excluding tert-OH is 1. The van der Waals surface area contributed by atoms with Gasteiger partial charge >= 0.3 is 5.69 Å². The standard InChI is InChI=1S/C31H39N5O6/c1-35(21-22-7-6-8-23(19-22)36-15-13-29(40)34-31(36)41)16-18-42-17-5-3-2-4-14-32-20-27(38)24-9-11-26(37)30-25(24)10-12-28(39)33-30/h6-13,15,19,27,32,37-38H,2-5,14,16-18,20-21H2,1H3,(H,33,39)(H,34,40,41). The molecule has 4 rings (SSSR count). The number of aromatic amines is 2. The zero-order chi connectivity index (χ0) is 29.9. The summed E-state index contributed by atoms with van der Waals surface area (Å²) in [6.45, 7) is 4.00. The van der Waals surface area contributed by atoms with E-state index in [2.05, 4.69) is 20.2 Å². The van der Waals surface area contributed by atoms with Crippen LogP contribution in [-0.2, 0) is 11.3 Å². The van der Waals surface area contributed by atoms with Gasteiger partial charge in [-0.2, -0.15) is 0 Å². The lowest BCUT2D eigenvalue weighted by Crippen LogP contribution is -2.27. The molecule has 0 amide bonds. The molecule has 11 nitrogen and oxygen atoms in total. The van der Waals surface area contributed by atoms with Gasteiger partial charge in [0.15, 0.2) is 0 Å². The van der Waals surface area contributed by atoms with E-state index >= 15 is 0 Å². The molecule has 0 bridgehead atoms. The first kappa shape index (κ1) is 30.9. The Kier molecular flexibility index (Phi) is 11.2. The lowest BCUT2D eigenvalue weighted by atomic mass is 10.0. The monoisotopic (exact) mass is 577 g/mol. The number of aromatic nitrogens is 3. The minimum absolute atomic E-state index is 0.0199. The average Bonchev–Trinajstić information content (AvgIpc) is 2.96. The number of fused-ring (bicyclic) bond motifs is 1. The first-order valence-electron chi connectivity index (χ1n) is 14.2. The van der Waals surface area contributed by atoms with Crippen LogP contribution in [0.3, 0.4) is 0 Å². The molecule has 2 heterocycles. The molecular weight excluding hydrogens is 538 g/mol. The number of nitrogens with one attached hydrogen (secondary N) is 3. The van der Waals surface area contributed by atoms with Gasteiger partial charge in [-0.3, -0.25) is 24.0 Å². The maximum atomic E-state index is 12.1. The summed E-state index contributed by atoms with van der Waals surface area (Å²) in [6, 6.07) is 15.2. The third-order valence-electron chi connectivity index (χ3n) is 7.08. The van der Waals surface area contributed by atoms with E-state index in [1.165, 1.54) is 29.0 Å². The van der Waals surface area contributed by atoms with Gasteiger partial charge in [0.05, 0.1) is 23.9 Å². The van der Waals surface area contributed by atoms with Crippen molar-refractivity contribution in [3.05, 3.63) is 103 Å². The van der Waals surface area contributed by atoms with Crippen molar-refractivity contribution in [3.63, 3.8) is 0 Å². The molecule has 0 saturated carbocycles. The number of benzene rings is 2. The van der Waals surface area contributed by atoms with E-state index in [0.29, 0.717) is 48.5 Å². The van der Waals surface area contributed by atoms with Crippen LogP contribution in [0.15, 0.2) is 75.2 Å². The second kappa shape index (κ2) is 15.3. The number of rotatable bonds is 16. The summed E-state index contributed by atoms with van der Waals surface area (Å²) < 4.78 is 7.23. The Hall–Kier alpha value is -4.03. The topological polar surface area (TPSA) is 153 Å². The zero-order valence-electron chi connectivity index (χ0n) is 23.8. The maximum absolute atomic E-state index is 12.1. The van der Waals surface area contributed by atoms with Crippen LogP contribution in [0.25, 0.3) is 16.6 Å². The summed E-state index contributed by atoms with van der Waals surface area (Å²) in [5, 5.41) is 24.5. The van der Waals surface area contributed by atoms with Gasteiger partial charge in [0, 0.05) is 50.0 Å². The predicted octanol–water partition coefficient (Wildman–Crippen LogP) is 2.40. The molecule has 11 heteroatoms. The molecule has 0 aliphatic carbocycles. The maximum Gasteiger partial charge on any atom is 0.332 e. The zero-order valence-corrected chi connectivity index (χ0v) is 23.8. The lowest BCUT2D eigenvalue weighted by molar-refractivity contribution is 0.106. The molecule has 1 unspecified atom stereocenters. The molecule has 224 valence electrons. The van der Waals surface area contributed by atoms with Crippen molar-refractivity contribution in [2.75, 3.05) is 39.9 Å². The van der Waals surface area contributed by atoms with Gasteiger partial charge < -0.3 is 25.3 Å². The summed E-state index contributed by atoms with van der Waals surface area (Å²) in [4.78, 5) is 42.0. The molecule has 0 aliphatic rings. The highest BCUT2D eigenvalue weighted by atomic mass is 16.5. The fourth-order valence-electron chi connectivity index (χ4n) is 4.84. The lowest BCUT2D eigenvalue weighted by Gasteiger charge is -2.17. The quantitative estimate of drug-likeness (QED) is 0.127. The van der Waals surface area contributed by atoms with Crippen molar-refractivity contribution >= 4 is 10.9 Å². The number of ether oxygens (including phenoxy) is 1. The van der Waals surface area contributed by atoms with Crippen LogP contribution in [0.5, 0.6) is 5.75 Å². The molecular formula is C31H39N5O6. The number of aromatic hydroxyl groups is 1. The van der Waals surface area contributed by atoms with Gasteiger partial charge in [0.25, 0.3) is 5.56 Å². The molecule has 2 aromatic carbocycles. The minimum Gasteiger partial charge on any atom is -0.506 e. The van der Waals surface area contributed by atoms with Gasteiger partial charge in [-0.25, -0.2) is 4.79 Å². The van der Waals surface area contributed by atoms with Crippen LogP contribution in [0.1, 0.15) is 42.9 Å². The number of unbranched alkanes of at least 4 members (excludes halogenated alkanes) is 3. The van der Waals surface area contributed by atoms with Gasteiger partial charge in [-0.15, -0.1) is 0 Å². The van der Waals surface area contributed by atoms with E-state index in [1.54, 1.807) is 12.1 Å². The van der Waals surface area contributed by atoms with Crippen LogP contribution in [0, 0.1) is 0 Å². The number of hydrogen-bond donors (Lipinski definition) is 5. The fraction of sp³-hybridized carbons (Fsp3) is 0.387. The predicted molar refractivity (Wildman–Crippen MR) is 162 cm³/mol. The van der Waals surface area contributed by atoms with Crippen molar-refractivity contribution < 1.29 is 14.9 Å². The van der Waals surface area contributed by atoms with Crippen molar-refractivity contribution in [1.82, 2.24) is 24.8 Å². The Bertz CT molecular complexity index is 1630. The van der Waals surface area contributed by atoms with Crippen molar-refractivity contribution in [2.24, 2.45) is 0 Å². The van der Waals surface area contributed by atoms with Crippen LogP contribution >= 0.6 is 0 Å². The summed E-state index contributed by atoms with van der Waals surface area (Å²) in [5.41, 5.74) is 1.57. The minimum atomic E-state index is -0.755. The highest BCUT2D eigenvalue weighted by Crippen LogP contribution is 2.28. The van der Waals surface area contributed by atoms with Crippen molar-refractivity contribution in [1.29, 1.82) is 0 Å². The Morgan fingerprint density at radius 2 is 1.76 bits per heavy atom. The average molecular weight is 578 g/mol. The van der Waals surface area contributed by atoms with Gasteiger partial charge in [0.1, 0.15) is 5.75 Å². The van der Waals surface area contributed by atoms with E-state index in [-0.39, 0.29) is 11.3 Å². The first-order chi connectivity index (χ1) is 20.3. The molecule has 4 aromatic rings. The van der Waals surface area contributed by atoms with Crippen LogP contribution < -0.4 is 22.1 Å². The Balaban J connectivity index is 1.05. The van der Waals surface area contributed by atoms with Crippen LogP contribution in [0.4, 0.5) is 0 Å². The number of hydrogen-bond acceptors (Lipinski definition) is 8. The number of phenols is 1. The highest BCUT2D eigenvalue weighted by molar-refractivity contribution is 5.87. The largest absolute Gasteiger partial charge is 0.506 e. The van der Waals surface area contributed by atoms with Crippen molar-refractivity contribution in [3.8, 4) is 11.4 Å². The SMILES string of the molecule is CN(CCOCCCCCCNCC(O)c1ccc(O)c2[nH]c(=O)ccc12)Cc1cccc(-n2ccc(=O)[nH]c2=O)c1. The van der Waals surface area contributed by atoms with Crippen molar-refractivity contribution in [2.45, 2.75) is 38.3 Å². The third kappa shape index (κ3) is 8.73. The smallest absolute Gasteiger partial charge is 0.332 e. The summed E-state index contributed by atoms with van der Waals surface area (Å²) in [7, 11) is 2.02. The second-order valence-corrected chi connectivity index (χ2v) is 10.4. The molecule has 2 aromatic heterocycles. The second-order valence-electron chi connectivity index (χ2n) is 10.4. The summed E-state index contributed by atoms with van der Waals surface area (Å²) in [6.07, 6.45) is 4.82. The molecule has 0 fully saturated rings. The highest BCUT2D eigenvalue weighted by Gasteiger charge is 2.13. The number of aliphatic hydroxyl groups is 1. The summed E-state index contributed by atoms with van der Waals surface area (Å²) in [5.74, 6) is -0.0199. The van der Waals surface area contributed by atoms with Gasteiger partial charge in [0.2, 0.25) is 5.56 Å². The van der Waals surface area contributed by atoms with E-state index in [4.69, 9.17) is 4.74 Å². The number of phenolic OH excluding ortho intramolecular Hbond substituents is 1. The molecule has 1 atom stereocenters. The number of nitrogens with zero attached hydrogens (tertiary/aromatic N) is 2. The molecule has 0 saturated heterocycles. The molecule has 0 aliphatic heterocycles. The summed E-state index contributed by atoms with van der Waals surface area (Å²) >= 11 is 0. The van der Waals surface area contributed by atoms with E-state index < -0.39 is 17.4 Å². The van der Waals surface area contributed by atoms with Crippen LogP contribution in [0.2, 0.25) is 0 Å². The molecule has 42 heavy (non-hydrogen) atoms. The molecule has 5 N–H and O–H groups in total. The van der Waals surface area contributed by atoms with E-state index in [9.17, 15) is 24.6 Å². The Labute approximate surface area is 243 Å². The fourth-order valence-corrected chi connectivity index (χ4v) is 4.84. The Morgan fingerprint density at radius 3 is 2.60 bits per heavy atom. The van der Waals surface area contributed by atoms with E-state index in [0.717, 1.165) is 44.3 Å². The molecule has 0 spiro atoms.